The summed E-state index contributed by atoms with van der Waals surface area (Å²) in [5, 5.41) is 5.18. The zero-order chi connectivity index (χ0) is 28.1. The molecule has 0 aliphatic heterocycles. The molecule has 38 heavy (non-hydrogen) atoms. The topological polar surface area (TPSA) is 114 Å². The lowest BCUT2D eigenvalue weighted by Gasteiger charge is -2.27. The smallest absolute Gasteiger partial charge is 0.410 e. The first-order valence-corrected chi connectivity index (χ1v) is 12.7. The molecule has 0 aromatic heterocycles. The molecule has 0 bridgehead atoms. The van der Waals surface area contributed by atoms with E-state index in [1.807, 2.05) is 74.5 Å². The highest BCUT2D eigenvalue weighted by Gasteiger charge is 2.26. The number of hydrogen-bond acceptors (Lipinski definition) is 6. The lowest BCUT2D eigenvalue weighted by atomic mass is 10.0. The van der Waals surface area contributed by atoms with Crippen molar-refractivity contribution >= 4 is 23.9 Å². The largest absolute Gasteiger partial charge is 0.445 e. The Balaban J connectivity index is 1.95. The average Bonchev–Trinajstić information content (AvgIpc) is 2.85. The van der Waals surface area contributed by atoms with Crippen LogP contribution in [0.3, 0.4) is 0 Å². The van der Waals surface area contributed by atoms with Crippen LogP contribution in [0.2, 0.25) is 0 Å². The van der Waals surface area contributed by atoms with E-state index in [0.717, 1.165) is 11.1 Å². The number of carbonyl (C=O) groups is 4. The number of benzene rings is 2. The first kappa shape index (κ1) is 30.3. The van der Waals surface area contributed by atoms with E-state index in [0.29, 0.717) is 6.42 Å². The van der Waals surface area contributed by atoms with Crippen LogP contribution in [0.15, 0.2) is 60.7 Å². The van der Waals surface area contributed by atoms with Crippen molar-refractivity contribution in [1.82, 2.24) is 15.5 Å². The number of nitrogens with zero attached hydrogens (tertiary/aromatic N) is 1. The van der Waals surface area contributed by atoms with Gasteiger partial charge in [0.05, 0.1) is 13.1 Å². The van der Waals surface area contributed by atoms with E-state index in [1.165, 1.54) is 4.90 Å². The SMILES string of the molecule is CC(C)C[C@H](NC(=O)OCc1ccccc1)C(=O)NCC(=O)CN(Cc1ccccc1)C(=O)OC(C)(C)C. The normalized spacial score (nSPS) is 11.8. The van der Waals surface area contributed by atoms with Crippen molar-refractivity contribution in [3.8, 4) is 0 Å². The van der Waals surface area contributed by atoms with Crippen molar-refractivity contribution in [2.45, 2.75) is 65.8 Å². The lowest BCUT2D eigenvalue weighted by molar-refractivity contribution is -0.127. The zero-order valence-corrected chi connectivity index (χ0v) is 22.9. The highest BCUT2D eigenvalue weighted by molar-refractivity contribution is 5.91. The predicted molar refractivity (Wildman–Crippen MR) is 144 cm³/mol. The molecule has 0 aliphatic rings. The maximum absolute atomic E-state index is 12.9. The minimum Gasteiger partial charge on any atom is -0.445 e. The maximum atomic E-state index is 12.9. The van der Waals surface area contributed by atoms with Gasteiger partial charge in [0, 0.05) is 6.54 Å². The Morgan fingerprint density at radius 2 is 1.47 bits per heavy atom. The van der Waals surface area contributed by atoms with Crippen molar-refractivity contribution in [3.63, 3.8) is 0 Å². The van der Waals surface area contributed by atoms with Crippen LogP contribution in [0.25, 0.3) is 0 Å². The summed E-state index contributed by atoms with van der Waals surface area (Å²) in [4.78, 5) is 52.0. The minimum atomic E-state index is -0.877. The van der Waals surface area contributed by atoms with Gasteiger partial charge in [-0.05, 0) is 44.2 Å². The molecule has 0 spiro atoms. The molecule has 0 radical (unpaired) electrons. The molecular weight excluding hydrogens is 486 g/mol. The Labute approximate surface area is 224 Å². The number of alkyl carbamates (subject to hydrolysis) is 1. The molecule has 9 nitrogen and oxygen atoms in total. The van der Waals surface area contributed by atoms with Crippen molar-refractivity contribution in [2.24, 2.45) is 5.92 Å². The zero-order valence-electron chi connectivity index (χ0n) is 22.9. The number of Topliss-reactive ketones (excluding diaryl/α,β-unsaturated/α-hetero) is 1. The van der Waals surface area contributed by atoms with Gasteiger partial charge in [-0.3, -0.25) is 14.5 Å². The van der Waals surface area contributed by atoms with Crippen LogP contribution in [0.1, 0.15) is 52.2 Å². The number of carbonyl (C=O) groups excluding carboxylic acids is 4. The summed E-state index contributed by atoms with van der Waals surface area (Å²) in [6.45, 7) is 8.80. The van der Waals surface area contributed by atoms with Crippen molar-refractivity contribution < 1.29 is 28.7 Å². The second kappa shape index (κ2) is 14.8. The Hall–Kier alpha value is -3.88. The Bertz CT molecular complexity index is 1050. The standard InChI is InChI=1S/C29H39N3O6/c1-21(2)16-25(31-27(35)37-20-23-14-10-7-11-15-23)26(34)30-17-24(33)19-32(28(36)38-29(3,4)5)18-22-12-8-6-9-13-22/h6-15,21,25H,16-20H2,1-5H3,(H,30,34)(H,31,35)/t25-/m0/s1. The molecule has 0 aliphatic carbocycles. The minimum absolute atomic E-state index is 0.0725. The van der Waals surface area contributed by atoms with Crippen LogP contribution in [0.4, 0.5) is 9.59 Å². The third kappa shape index (κ3) is 11.9. The van der Waals surface area contributed by atoms with Crippen molar-refractivity contribution in [2.75, 3.05) is 13.1 Å². The summed E-state index contributed by atoms with van der Waals surface area (Å²) in [5.74, 6) is -0.782. The molecule has 0 heterocycles. The first-order chi connectivity index (χ1) is 17.9. The molecule has 9 heteroatoms. The van der Waals surface area contributed by atoms with Gasteiger partial charge in [-0.15, -0.1) is 0 Å². The summed E-state index contributed by atoms with van der Waals surface area (Å²) in [6, 6.07) is 17.6. The van der Waals surface area contributed by atoms with Gasteiger partial charge < -0.3 is 20.1 Å². The molecule has 0 unspecified atom stereocenters. The van der Waals surface area contributed by atoms with Gasteiger partial charge >= 0.3 is 12.2 Å². The van der Waals surface area contributed by atoms with Crippen LogP contribution in [0, 0.1) is 5.92 Å². The van der Waals surface area contributed by atoms with E-state index in [9.17, 15) is 19.2 Å². The van der Waals surface area contributed by atoms with Gasteiger partial charge in [0.15, 0.2) is 5.78 Å². The molecule has 0 fully saturated rings. The molecule has 2 aromatic rings. The molecule has 0 saturated carbocycles. The monoisotopic (exact) mass is 525 g/mol. The van der Waals surface area contributed by atoms with E-state index in [-0.39, 0.29) is 37.9 Å². The number of nitrogens with one attached hydrogen (secondary N) is 2. The fourth-order valence-electron chi connectivity index (χ4n) is 3.50. The molecule has 0 saturated heterocycles. The van der Waals surface area contributed by atoms with E-state index < -0.39 is 29.7 Å². The third-order valence-corrected chi connectivity index (χ3v) is 5.22. The van der Waals surface area contributed by atoms with Gasteiger partial charge in [-0.1, -0.05) is 74.5 Å². The number of amides is 3. The maximum Gasteiger partial charge on any atom is 0.410 e. The van der Waals surface area contributed by atoms with Gasteiger partial charge in [0.1, 0.15) is 18.2 Å². The van der Waals surface area contributed by atoms with Crippen LogP contribution < -0.4 is 10.6 Å². The summed E-state index contributed by atoms with van der Waals surface area (Å²) < 4.78 is 10.7. The van der Waals surface area contributed by atoms with E-state index in [4.69, 9.17) is 9.47 Å². The van der Waals surface area contributed by atoms with Gasteiger partial charge in [0.2, 0.25) is 5.91 Å². The predicted octanol–water partition coefficient (Wildman–Crippen LogP) is 4.45. The number of ketones is 1. The molecule has 3 amide bonds. The summed E-state index contributed by atoms with van der Waals surface area (Å²) in [6.07, 6.45) is -0.986. The molecule has 2 N–H and O–H groups in total. The molecule has 1 atom stereocenters. The van der Waals surface area contributed by atoms with E-state index >= 15 is 0 Å². The summed E-state index contributed by atoms with van der Waals surface area (Å²) in [5.41, 5.74) is 0.933. The van der Waals surface area contributed by atoms with Crippen molar-refractivity contribution in [1.29, 1.82) is 0 Å². The number of rotatable bonds is 12. The molecule has 206 valence electrons. The highest BCUT2D eigenvalue weighted by Crippen LogP contribution is 2.13. The van der Waals surface area contributed by atoms with Crippen LogP contribution in [-0.2, 0) is 32.2 Å². The lowest BCUT2D eigenvalue weighted by Crippen LogP contribution is -2.49. The quantitative estimate of drug-likeness (QED) is 0.423. The Morgan fingerprint density at radius 3 is 2.03 bits per heavy atom. The highest BCUT2D eigenvalue weighted by atomic mass is 16.6. The van der Waals surface area contributed by atoms with E-state index in [1.54, 1.807) is 20.8 Å². The second-order valence-corrected chi connectivity index (χ2v) is 10.5. The van der Waals surface area contributed by atoms with Crippen molar-refractivity contribution in [3.05, 3.63) is 71.8 Å². The van der Waals surface area contributed by atoms with Gasteiger partial charge in [-0.25, -0.2) is 9.59 Å². The van der Waals surface area contributed by atoms with Crippen LogP contribution >= 0.6 is 0 Å². The van der Waals surface area contributed by atoms with Gasteiger partial charge in [-0.2, -0.15) is 0 Å². The average molecular weight is 526 g/mol. The molecule has 2 rings (SSSR count). The molecular formula is C29H39N3O6. The Morgan fingerprint density at radius 1 is 0.895 bits per heavy atom. The fraction of sp³-hybridized carbons (Fsp3) is 0.448. The number of hydrogen-bond donors (Lipinski definition) is 2. The first-order valence-electron chi connectivity index (χ1n) is 12.7. The van der Waals surface area contributed by atoms with Crippen LogP contribution in [0.5, 0.6) is 0 Å². The molecule has 2 aromatic carbocycles. The van der Waals surface area contributed by atoms with Gasteiger partial charge in [0.25, 0.3) is 0 Å². The summed E-state index contributed by atoms with van der Waals surface area (Å²) >= 11 is 0. The fourth-order valence-corrected chi connectivity index (χ4v) is 3.50. The summed E-state index contributed by atoms with van der Waals surface area (Å²) in [7, 11) is 0. The van der Waals surface area contributed by atoms with Crippen LogP contribution in [-0.4, -0.2) is 53.5 Å². The second-order valence-electron chi connectivity index (χ2n) is 10.5. The Kier molecular flexibility index (Phi) is 11.8. The van der Waals surface area contributed by atoms with E-state index in [2.05, 4.69) is 10.6 Å². The number of ether oxygens (including phenoxy) is 2. The third-order valence-electron chi connectivity index (χ3n) is 5.22.